The van der Waals surface area contributed by atoms with Gasteiger partial charge in [-0.2, -0.15) is 0 Å². The number of fused-ring (bicyclic) bond motifs is 1. The van der Waals surface area contributed by atoms with Crippen molar-refractivity contribution in [2.75, 3.05) is 11.1 Å². The highest BCUT2D eigenvalue weighted by atomic mass is 16.1. The first-order valence-corrected chi connectivity index (χ1v) is 5.82. The Morgan fingerprint density at radius 1 is 1.21 bits per heavy atom. The topological polar surface area (TPSA) is 83.8 Å². The van der Waals surface area contributed by atoms with Gasteiger partial charge in [0.1, 0.15) is 5.69 Å². The Morgan fingerprint density at radius 2 is 2.11 bits per heavy atom. The van der Waals surface area contributed by atoms with Crippen LogP contribution < -0.4 is 11.1 Å². The van der Waals surface area contributed by atoms with Crippen LogP contribution in [0.2, 0.25) is 0 Å². The average molecular weight is 252 g/mol. The average Bonchev–Trinajstić information content (AvgIpc) is 2.87. The number of hydrogen-bond donors (Lipinski definition) is 3. The summed E-state index contributed by atoms with van der Waals surface area (Å²) in [5.74, 6) is -0.255. The van der Waals surface area contributed by atoms with E-state index < -0.39 is 0 Å². The number of nitrogens with zero attached hydrogens (tertiary/aromatic N) is 1. The number of carbonyl (C=O) groups excluding carboxylic acids is 1. The number of nitrogen functional groups attached to an aromatic ring is 1. The summed E-state index contributed by atoms with van der Waals surface area (Å²) in [5, 5.41) is 3.85. The summed E-state index contributed by atoms with van der Waals surface area (Å²) in [6, 6.07) is 10.9. The number of hydrogen-bond acceptors (Lipinski definition) is 3. The summed E-state index contributed by atoms with van der Waals surface area (Å²) in [5.41, 5.74) is 8.16. The summed E-state index contributed by atoms with van der Waals surface area (Å²) >= 11 is 0. The van der Waals surface area contributed by atoms with Crippen LogP contribution in [0, 0.1) is 0 Å². The van der Waals surface area contributed by atoms with Crippen molar-refractivity contribution in [3.8, 4) is 0 Å². The Hall–Kier alpha value is -2.82. The molecule has 3 aromatic rings. The van der Waals surface area contributed by atoms with Crippen molar-refractivity contribution in [1.29, 1.82) is 0 Å². The smallest absolute Gasteiger partial charge is 0.274 e. The van der Waals surface area contributed by atoms with Crippen LogP contribution in [0.5, 0.6) is 0 Å². The zero-order valence-electron chi connectivity index (χ0n) is 10.1. The van der Waals surface area contributed by atoms with Gasteiger partial charge in [-0.05, 0) is 36.4 Å². The van der Waals surface area contributed by atoms with Crippen molar-refractivity contribution in [2.45, 2.75) is 0 Å². The molecule has 0 saturated heterocycles. The maximum atomic E-state index is 12.0. The second-order valence-electron chi connectivity index (χ2n) is 4.21. The normalized spacial score (nSPS) is 10.5. The summed E-state index contributed by atoms with van der Waals surface area (Å²) in [7, 11) is 0. The molecule has 94 valence electrons. The number of anilines is 2. The van der Waals surface area contributed by atoms with E-state index in [-0.39, 0.29) is 5.91 Å². The lowest BCUT2D eigenvalue weighted by atomic mass is 10.2. The molecule has 0 saturated carbocycles. The van der Waals surface area contributed by atoms with Gasteiger partial charge < -0.3 is 16.0 Å². The first-order chi connectivity index (χ1) is 9.22. The molecule has 3 rings (SSSR count). The highest BCUT2D eigenvalue weighted by Gasteiger charge is 2.07. The highest BCUT2D eigenvalue weighted by molar-refractivity contribution is 6.03. The van der Waals surface area contributed by atoms with Gasteiger partial charge in [0.05, 0.1) is 11.9 Å². The summed E-state index contributed by atoms with van der Waals surface area (Å²) in [6.07, 6.45) is 3.32. The molecule has 0 atom stereocenters. The number of rotatable bonds is 2. The minimum absolute atomic E-state index is 0.255. The summed E-state index contributed by atoms with van der Waals surface area (Å²) in [6.45, 7) is 0. The van der Waals surface area contributed by atoms with Gasteiger partial charge in [0, 0.05) is 22.8 Å². The van der Waals surface area contributed by atoms with Gasteiger partial charge in [-0.1, -0.05) is 0 Å². The standard InChI is InChI=1S/C14H12N4O/c15-10-1-3-13(17-8-10)14(19)18-11-2-4-12-9(7-11)5-6-16-12/h1-8,16H,15H2,(H,18,19). The van der Waals surface area contributed by atoms with E-state index in [0.29, 0.717) is 11.4 Å². The lowest BCUT2D eigenvalue weighted by Gasteiger charge is -2.05. The van der Waals surface area contributed by atoms with Crippen molar-refractivity contribution < 1.29 is 4.79 Å². The fourth-order valence-corrected chi connectivity index (χ4v) is 1.87. The third-order valence-corrected chi connectivity index (χ3v) is 2.83. The number of aromatic amines is 1. The molecule has 2 heterocycles. The van der Waals surface area contributed by atoms with Crippen LogP contribution in [0.25, 0.3) is 10.9 Å². The predicted molar refractivity (Wildman–Crippen MR) is 74.9 cm³/mol. The highest BCUT2D eigenvalue weighted by Crippen LogP contribution is 2.18. The second-order valence-corrected chi connectivity index (χ2v) is 4.21. The van der Waals surface area contributed by atoms with E-state index in [4.69, 9.17) is 5.73 Å². The number of nitrogens with one attached hydrogen (secondary N) is 2. The van der Waals surface area contributed by atoms with E-state index >= 15 is 0 Å². The van der Waals surface area contributed by atoms with Crippen LogP contribution in [0.3, 0.4) is 0 Å². The van der Waals surface area contributed by atoms with E-state index in [2.05, 4.69) is 15.3 Å². The second kappa shape index (κ2) is 4.45. The SMILES string of the molecule is Nc1ccc(C(=O)Nc2ccc3[nH]ccc3c2)nc1. The van der Waals surface area contributed by atoms with Gasteiger partial charge >= 0.3 is 0 Å². The Labute approximate surface area is 109 Å². The van der Waals surface area contributed by atoms with Gasteiger partial charge in [-0.25, -0.2) is 4.98 Å². The summed E-state index contributed by atoms with van der Waals surface area (Å²) in [4.78, 5) is 19.1. The van der Waals surface area contributed by atoms with Crippen LogP contribution in [0.1, 0.15) is 10.5 Å². The van der Waals surface area contributed by atoms with Crippen molar-refractivity contribution in [1.82, 2.24) is 9.97 Å². The van der Waals surface area contributed by atoms with Crippen molar-refractivity contribution in [2.24, 2.45) is 0 Å². The molecule has 0 aliphatic heterocycles. The molecule has 0 aliphatic carbocycles. The number of H-pyrrole nitrogens is 1. The molecule has 5 heteroatoms. The largest absolute Gasteiger partial charge is 0.397 e. The zero-order chi connectivity index (χ0) is 13.2. The molecule has 2 aromatic heterocycles. The van der Waals surface area contributed by atoms with Gasteiger partial charge in [0.25, 0.3) is 5.91 Å². The number of pyridine rings is 1. The monoisotopic (exact) mass is 252 g/mol. The zero-order valence-corrected chi connectivity index (χ0v) is 10.1. The molecule has 0 spiro atoms. The van der Waals surface area contributed by atoms with Crippen LogP contribution in [-0.4, -0.2) is 15.9 Å². The van der Waals surface area contributed by atoms with Crippen molar-refractivity contribution in [3.63, 3.8) is 0 Å². The third-order valence-electron chi connectivity index (χ3n) is 2.83. The fourth-order valence-electron chi connectivity index (χ4n) is 1.87. The van der Waals surface area contributed by atoms with Crippen LogP contribution in [0.15, 0.2) is 48.8 Å². The van der Waals surface area contributed by atoms with Gasteiger partial charge in [-0.3, -0.25) is 4.79 Å². The number of carbonyl (C=O) groups is 1. The lowest BCUT2D eigenvalue weighted by Crippen LogP contribution is -2.13. The first kappa shape index (κ1) is 11.3. The lowest BCUT2D eigenvalue weighted by molar-refractivity contribution is 0.102. The summed E-state index contributed by atoms with van der Waals surface area (Å²) < 4.78 is 0. The minimum atomic E-state index is -0.255. The maximum absolute atomic E-state index is 12.0. The van der Waals surface area contributed by atoms with E-state index in [9.17, 15) is 4.79 Å². The molecule has 1 aromatic carbocycles. The molecule has 4 N–H and O–H groups in total. The van der Waals surface area contributed by atoms with E-state index in [1.165, 1.54) is 6.20 Å². The van der Waals surface area contributed by atoms with Gasteiger partial charge in [-0.15, -0.1) is 0 Å². The van der Waals surface area contributed by atoms with E-state index in [0.717, 1.165) is 16.6 Å². The molecular formula is C14H12N4O. The van der Waals surface area contributed by atoms with E-state index in [1.54, 1.807) is 12.1 Å². The van der Waals surface area contributed by atoms with Crippen molar-refractivity contribution in [3.05, 3.63) is 54.5 Å². The minimum Gasteiger partial charge on any atom is -0.397 e. The number of amides is 1. The molecule has 0 fully saturated rings. The Bertz CT molecular complexity index is 731. The first-order valence-electron chi connectivity index (χ1n) is 5.82. The van der Waals surface area contributed by atoms with Gasteiger partial charge in [0.15, 0.2) is 0 Å². The number of nitrogens with two attached hydrogens (primary N) is 1. The quantitative estimate of drug-likeness (QED) is 0.654. The maximum Gasteiger partial charge on any atom is 0.274 e. The van der Waals surface area contributed by atoms with Crippen LogP contribution in [-0.2, 0) is 0 Å². The Balaban J connectivity index is 1.83. The predicted octanol–water partition coefficient (Wildman–Crippen LogP) is 2.40. The van der Waals surface area contributed by atoms with E-state index in [1.807, 2.05) is 30.5 Å². The number of aromatic nitrogens is 2. The number of benzene rings is 1. The fraction of sp³-hybridized carbons (Fsp3) is 0. The molecule has 1 amide bonds. The van der Waals surface area contributed by atoms with Crippen LogP contribution >= 0.6 is 0 Å². The van der Waals surface area contributed by atoms with Crippen molar-refractivity contribution >= 4 is 28.2 Å². The molecule has 19 heavy (non-hydrogen) atoms. The molecule has 0 radical (unpaired) electrons. The Kier molecular flexibility index (Phi) is 2.64. The van der Waals surface area contributed by atoms with Crippen LogP contribution in [0.4, 0.5) is 11.4 Å². The molecule has 0 bridgehead atoms. The molecule has 5 nitrogen and oxygen atoms in total. The molecular weight excluding hydrogens is 240 g/mol. The molecule has 0 unspecified atom stereocenters. The third kappa shape index (κ3) is 2.26. The molecule has 0 aliphatic rings. The van der Waals surface area contributed by atoms with Gasteiger partial charge in [0.2, 0.25) is 0 Å². The Morgan fingerprint density at radius 3 is 2.89 bits per heavy atom.